The number of carbonyl (C=O) groups is 2. The summed E-state index contributed by atoms with van der Waals surface area (Å²) in [5.74, 6) is -1.53. The first kappa shape index (κ1) is 20.1. The molecule has 0 radical (unpaired) electrons. The number of rotatable bonds is 4. The first-order chi connectivity index (χ1) is 15.5. The maximum Gasteiger partial charge on any atom is 0.269 e. The summed E-state index contributed by atoms with van der Waals surface area (Å²) in [5, 5.41) is 17.2. The largest absolute Gasteiger partial charge is 0.273 e. The summed E-state index contributed by atoms with van der Waals surface area (Å²) in [6, 6.07) is 21.1. The number of nitro benzene ring substituents is 1. The molecule has 0 aromatic heterocycles. The Labute approximate surface area is 191 Å². The van der Waals surface area contributed by atoms with Gasteiger partial charge in [0.2, 0.25) is 5.91 Å². The third-order valence-corrected chi connectivity index (χ3v) is 6.06. The molecule has 3 aromatic rings. The highest BCUT2D eigenvalue weighted by Crippen LogP contribution is 2.39. The highest BCUT2D eigenvalue weighted by molar-refractivity contribution is 9.10. The van der Waals surface area contributed by atoms with Crippen LogP contribution < -0.4 is 9.91 Å². The minimum Gasteiger partial charge on any atom is -0.273 e. The zero-order valence-electron chi connectivity index (χ0n) is 16.5. The number of anilines is 2. The molecule has 2 aliphatic rings. The van der Waals surface area contributed by atoms with E-state index in [1.54, 1.807) is 24.3 Å². The molecule has 0 saturated carbocycles. The fourth-order valence-electron chi connectivity index (χ4n) is 4.05. The molecule has 0 bridgehead atoms. The molecule has 9 heteroatoms. The molecule has 1 saturated heterocycles. The van der Waals surface area contributed by atoms with Gasteiger partial charge in [0.1, 0.15) is 12.0 Å². The van der Waals surface area contributed by atoms with Crippen LogP contribution in [-0.4, -0.2) is 28.5 Å². The third kappa shape index (κ3) is 3.18. The van der Waals surface area contributed by atoms with Crippen LogP contribution in [0.1, 0.15) is 5.56 Å². The predicted octanol–water partition coefficient (Wildman–Crippen LogP) is 4.14. The van der Waals surface area contributed by atoms with Crippen molar-refractivity contribution in [2.24, 2.45) is 11.0 Å². The average Bonchev–Trinajstić information content (AvgIpc) is 3.32. The van der Waals surface area contributed by atoms with Gasteiger partial charge in [0.05, 0.1) is 22.0 Å². The molecule has 5 rings (SSSR count). The van der Waals surface area contributed by atoms with E-state index >= 15 is 0 Å². The molecule has 0 aliphatic carbocycles. The van der Waals surface area contributed by atoms with Crippen LogP contribution in [0.5, 0.6) is 0 Å². The summed E-state index contributed by atoms with van der Waals surface area (Å²) in [6.07, 6.45) is 0. The van der Waals surface area contributed by atoms with Gasteiger partial charge in [0.25, 0.3) is 11.6 Å². The number of carbonyl (C=O) groups excluding carboxylic acids is 2. The lowest BCUT2D eigenvalue weighted by Gasteiger charge is -2.22. The van der Waals surface area contributed by atoms with Crippen molar-refractivity contribution in [3.8, 4) is 0 Å². The van der Waals surface area contributed by atoms with Crippen LogP contribution in [0.25, 0.3) is 0 Å². The van der Waals surface area contributed by atoms with E-state index in [1.165, 1.54) is 34.2 Å². The normalized spacial score (nSPS) is 19.8. The Morgan fingerprint density at radius 2 is 1.47 bits per heavy atom. The van der Waals surface area contributed by atoms with E-state index < -0.39 is 22.8 Å². The molecule has 0 unspecified atom stereocenters. The quantitative estimate of drug-likeness (QED) is 0.311. The Bertz CT molecular complexity index is 1260. The zero-order chi connectivity index (χ0) is 22.4. The molecule has 1 fully saturated rings. The number of nitro groups is 1. The van der Waals surface area contributed by atoms with E-state index in [2.05, 4.69) is 21.0 Å². The summed E-state index contributed by atoms with van der Waals surface area (Å²) in [5.41, 5.74) is 2.14. The van der Waals surface area contributed by atoms with Crippen molar-refractivity contribution in [2.75, 3.05) is 9.91 Å². The van der Waals surface area contributed by atoms with E-state index in [0.717, 1.165) is 10.0 Å². The standard InChI is InChI=1S/C23H15BrN4O4/c24-15-6-8-16(9-7-15)26-22(29)19-20(14-4-2-1-3-5-14)25-27(21(19)23(26)30)17-10-12-18(13-11-17)28(31)32/h1-13,19,21H/t19-,21-/m1/s1. The number of amides is 2. The van der Waals surface area contributed by atoms with Crippen molar-refractivity contribution in [3.05, 3.63) is 99.0 Å². The smallest absolute Gasteiger partial charge is 0.269 e. The number of hydrazone groups is 1. The molecule has 0 spiro atoms. The monoisotopic (exact) mass is 490 g/mol. The van der Waals surface area contributed by atoms with Crippen LogP contribution in [0.15, 0.2) is 88.4 Å². The van der Waals surface area contributed by atoms with Crippen molar-refractivity contribution in [1.29, 1.82) is 0 Å². The van der Waals surface area contributed by atoms with Crippen LogP contribution in [0.4, 0.5) is 17.1 Å². The maximum atomic E-state index is 13.5. The fraction of sp³-hybridized carbons (Fsp3) is 0.0870. The first-order valence-corrected chi connectivity index (χ1v) is 10.6. The van der Waals surface area contributed by atoms with Gasteiger partial charge in [0.15, 0.2) is 0 Å². The second-order valence-electron chi connectivity index (χ2n) is 7.38. The van der Waals surface area contributed by atoms with Gasteiger partial charge < -0.3 is 0 Å². The SMILES string of the molecule is O=C1[C@@H]2C(c3ccccc3)=NN(c3ccc([N+](=O)[O-])cc3)[C@H]2C(=O)N1c1ccc(Br)cc1. The fourth-order valence-corrected chi connectivity index (χ4v) is 4.31. The second-order valence-corrected chi connectivity index (χ2v) is 8.30. The molecule has 2 aliphatic heterocycles. The van der Waals surface area contributed by atoms with Gasteiger partial charge in [-0.15, -0.1) is 0 Å². The number of benzene rings is 3. The van der Waals surface area contributed by atoms with Gasteiger partial charge in [-0.05, 0) is 42.0 Å². The number of halogens is 1. The Kier molecular flexibility index (Phi) is 4.82. The van der Waals surface area contributed by atoms with E-state index in [4.69, 9.17) is 0 Å². The molecule has 32 heavy (non-hydrogen) atoms. The highest BCUT2D eigenvalue weighted by Gasteiger charge is 2.57. The number of hydrogen-bond acceptors (Lipinski definition) is 6. The van der Waals surface area contributed by atoms with Crippen LogP contribution in [0, 0.1) is 16.0 Å². The molecule has 2 atom stereocenters. The second kappa shape index (κ2) is 7.69. The van der Waals surface area contributed by atoms with Crippen molar-refractivity contribution in [1.82, 2.24) is 0 Å². The van der Waals surface area contributed by atoms with E-state index in [-0.39, 0.29) is 11.6 Å². The van der Waals surface area contributed by atoms with Gasteiger partial charge in [-0.1, -0.05) is 46.3 Å². The Morgan fingerprint density at radius 1 is 0.844 bits per heavy atom. The minimum atomic E-state index is -0.872. The molecule has 3 aromatic carbocycles. The number of nitrogens with zero attached hydrogens (tertiary/aromatic N) is 4. The van der Waals surface area contributed by atoms with Gasteiger partial charge in [-0.2, -0.15) is 5.10 Å². The summed E-state index contributed by atoms with van der Waals surface area (Å²) in [4.78, 5) is 38.7. The molecule has 0 N–H and O–H groups in total. The van der Waals surface area contributed by atoms with E-state index in [0.29, 0.717) is 17.1 Å². The molecule has 2 amide bonds. The van der Waals surface area contributed by atoms with Crippen LogP contribution in [0.3, 0.4) is 0 Å². The van der Waals surface area contributed by atoms with E-state index in [9.17, 15) is 19.7 Å². The predicted molar refractivity (Wildman–Crippen MR) is 122 cm³/mol. The van der Waals surface area contributed by atoms with E-state index in [1.807, 2.05) is 30.3 Å². The number of fused-ring (bicyclic) bond motifs is 1. The summed E-state index contributed by atoms with van der Waals surface area (Å²) in [6.45, 7) is 0. The Hall–Kier alpha value is -3.85. The Morgan fingerprint density at radius 3 is 2.09 bits per heavy atom. The van der Waals surface area contributed by atoms with Crippen LogP contribution >= 0.6 is 15.9 Å². The molecule has 8 nitrogen and oxygen atoms in total. The van der Waals surface area contributed by atoms with Crippen LogP contribution in [0.2, 0.25) is 0 Å². The van der Waals surface area contributed by atoms with Gasteiger partial charge in [-0.25, -0.2) is 4.90 Å². The van der Waals surface area contributed by atoms with Gasteiger partial charge >= 0.3 is 0 Å². The summed E-state index contributed by atoms with van der Waals surface area (Å²) in [7, 11) is 0. The minimum absolute atomic E-state index is 0.0675. The van der Waals surface area contributed by atoms with Gasteiger partial charge in [0, 0.05) is 16.6 Å². The van der Waals surface area contributed by atoms with Crippen molar-refractivity contribution in [3.63, 3.8) is 0 Å². The zero-order valence-corrected chi connectivity index (χ0v) is 18.0. The number of imide groups is 1. The summed E-state index contributed by atoms with van der Waals surface area (Å²) >= 11 is 3.37. The molecule has 158 valence electrons. The topological polar surface area (TPSA) is 96.1 Å². The maximum absolute atomic E-state index is 13.5. The molecule has 2 heterocycles. The number of non-ortho nitro benzene ring substituents is 1. The van der Waals surface area contributed by atoms with Crippen molar-refractivity contribution in [2.45, 2.75) is 6.04 Å². The Balaban J connectivity index is 1.61. The van der Waals surface area contributed by atoms with Crippen molar-refractivity contribution >= 4 is 50.5 Å². The lowest BCUT2D eigenvalue weighted by Crippen LogP contribution is -2.39. The lowest BCUT2D eigenvalue weighted by molar-refractivity contribution is -0.384. The van der Waals surface area contributed by atoms with Gasteiger partial charge in [-0.3, -0.25) is 24.7 Å². The van der Waals surface area contributed by atoms with Crippen molar-refractivity contribution < 1.29 is 14.5 Å². The van der Waals surface area contributed by atoms with Crippen LogP contribution in [-0.2, 0) is 9.59 Å². The average molecular weight is 491 g/mol. The highest BCUT2D eigenvalue weighted by atomic mass is 79.9. The molecular formula is C23H15BrN4O4. The molecular weight excluding hydrogens is 476 g/mol. The first-order valence-electron chi connectivity index (χ1n) is 9.76. The lowest BCUT2D eigenvalue weighted by atomic mass is 9.93. The third-order valence-electron chi connectivity index (χ3n) is 5.53. The summed E-state index contributed by atoms with van der Waals surface area (Å²) < 4.78 is 0.833. The number of hydrogen-bond donors (Lipinski definition) is 0.